The molecule has 0 aromatic rings. The summed E-state index contributed by atoms with van der Waals surface area (Å²) in [7, 11) is 0. The Morgan fingerprint density at radius 2 is 1.78 bits per heavy atom. The molecule has 0 heterocycles. The average molecular weight is 124 g/mol. The molecule has 0 aliphatic heterocycles. The second-order valence-corrected chi connectivity index (χ2v) is 2.91. The van der Waals surface area contributed by atoms with Gasteiger partial charge in [0.15, 0.2) is 0 Å². The SMILES string of the molecule is C.C#CC1(C)CCCC1. The van der Waals surface area contributed by atoms with Gasteiger partial charge in [-0.2, -0.15) is 0 Å². The van der Waals surface area contributed by atoms with E-state index in [4.69, 9.17) is 6.42 Å². The molecule has 9 heavy (non-hydrogen) atoms. The first kappa shape index (κ1) is 8.56. The molecular weight excluding hydrogens is 108 g/mol. The minimum absolute atomic E-state index is 0. The van der Waals surface area contributed by atoms with Crippen molar-refractivity contribution in [3.63, 3.8) is 0 Å². The van der Waals surface area contributed by atoms with Crippen LogP contribution in [0.5, 0.6) is 0 Å². The molecule has 0 nitrogen and oxygen atoms in total. The summed E-state index contributed by atoms with van der Waals surface area (Å²) in [4.78, 5) is 0. The maximum atomic E-state index is 5.32. The zero-order valence-corrected chi connectivity index (χ0v) is 5.41. The molecule has 0 aromatic carbocycles. The molecule has 1 aliphatic carbocycles. The molecule has 1 aliphatic rings. The molecule has 0 bridgehead atoms. The highest BCUT2D eigenvalue weighted by Crippen LogP contribution is 2.36. The molecule has 1 rings (SSSR count). The van der Waals surface area contributed by atoms with Crippen LogP contribution >= 0.6 is 0 Å². The maximum absolute atomic E-state index is 5.32. The fourth-order valence-electron chi connectivity index (χ4n) is 1.30. The molecule has 0 radical (unpaired) electrons. The van der Waals surface area contributed by atoms with Crippen LogP contribution in [0.4, 0.5) is 0 Å². The van der Waals surface area contributed by atoms with Gasteiger partial charge in [-0.05, 0) is 19.8 Å². The normalized spacial score (nSPS) is 22.2. The molecule has 1 fully saturated rings. The minimum atomic E-state index is 0. The molecule has 0 aromatic heterocycles. The van der Waals surface area contributed by atoms with Gasteiger partial charge in [0.2, 0.25) is 0 Å². The standard InChI is InChI=1S/C8H12.CH4/c1-3-8(2)6-4-5-7-8;/h1H,4-7H2,2H3;1H4. The van der Waals surface area contributed by atoms with E-state index in [0.717, 1.165) is 0 Å². The maximum Gasteiger partial charge on any atom is 0.0284 e. The first-order chi connectivity index (χ1) is 3.77. The van der Waals surface area contributed by atoms with E-state index in [0.29, 0.717) is 0 Å². The Kier molecular flexibility index (Phi) is 2.77. The van der Waals surface area contributed by atoms with Gasteiger partial charge in [-0.15, -0.1) is 12.3 Å². The lowest BCUT2D eigenvalue weighted by Gasteiger charge is -2.12. The lowest BCUT2D eigenvalue weighted by Crippen LogP contribution is -2.05. The van der Waals surface area contributed by atoms with Crippen molar-refractivity contribution >= 4 is 0 Å². The number of hydrogen-bond donors (Lipinski definition) is 0. The molecule has 0 heteroatoms. The van der Waals surface area contributed by atoms with Crippen LogP contribution in [0, 0.1) is 17.8 Å². The van der Waals surface area contributed by atoms with E-state index in [1.807, 2.05) is 0 Å². The summed E-state index contributed by atoms with van der Waals surface area (Å²) >= 11 is 0. The zero-order chi connectivity index (χ0) is 6.04. The lowest BCUT2D eigenvalue weighted by atomic mass is 9.90. The minimum Gasteiger partial charge on any atom is -0.120 e. The average Bonchev–Trinajstić information content (AvgIpc) is 2.17. The Bertz CT molecular complexity index is 110. The van der Waals surface area contributed by atoms with Crippen molar-refractivity contribution in [1.29, 1.82) is 0 Å². The van der Waals surface area contributed by atoms with Gasteiger partial charge < -0.3 is 0 Å². The Hall–Kier alpha value is -0.440. The van der Waals surface area contributed by atoms with Crippen LogP contribution in [-0.4, -0.2) is 0 Å². The van der Waals surface area contributed by atoms with Gasteiger partial charge in [0.05, 0.1) is 0 Å². The van der Waals surface area contributed by atoms with Gasteiger partial charge in [-0.25, -0.2) is 0 Å². The number of rotatable bonds is 0. The summed E-state index contributed by atoms with van der Waals surface area (Å²) in [5.41, 5.74) is 0.264. The van der Waals surface area contributed by atoms with E-state index < -0.39 is 0 Å². The van der Waals surface area contributed by atoms with Crippen molar-refractivity contribution in [2.75, 3.05) is 0 Å². The van der Waals surface area contributed by atoms with E-state index >= 15 is 0 Å². The van der Waals surface area contributed by atoms with Crippen LogP contribution in [0.1, 0.15) is 40.0 Å². The van der Waals surface area contributed by atoms with Crippen molar-refractivity contribution in [1.82, 2.24) is 0 Å². The van der Waals surface area contributed by atoms with Crippen molar-refractivity contribution in [2.24, 2.45) is 5.41 Å². The predicted octanol–water partition coefficient (Wildman–Crippen LogP) is 2.84. The van der Waals surface area contributed by atoms with Crippen molar-refractivity contribution in [3.8, 4) is 12.3 Å². The van der Waals surface area contributed by atoms with Gasteiger partial charge in [0, 0.05) is 5.41 Å². The molecule has 0 atom stereocenters. The predicted molar refractivity (Wildman–Crippen MR) is 42.1 cm³/mol. The number of hydrogen-bond acceptors (Lipinski definition) is 0. The highest BCUT2D eigenvalue weighted by atomic mass is 14.3. The first-order valence-corrected chi connectivity index (χ1v) is 3.25. The van der Waals surface area contributed by atoms with E-state index in [-0.39, 0.29) is 12.8 Å². The molecule has 1 saturated carbocycles. The Morgan fingerprint density at radius 1 is 1.33 bits per heavy atom. The highest BCUT2D eigenvalue weighted by Gasteiger charge is 2.25. The summed E-state index contributed by atoms with van der Waals surface area (Å²) in [6.45, 7) is 2.18. The summed E-state index contributed by atoms with van der Waals surface area (Å²) in [5, 5.41) is 0. The Labute approximate surface area is 58.7 Å². The smallest absolute Gasteiger partial charge is 0.0284 e. The summed E-state index contributed by atoms with van der Waals surface area (Å²) in [6.07, 6.45) is 10.5. The quantitative estimate of drug-likeness (QED) is 0.436. The zero-order valence-electron chi connectivity index (χ0n) is 5.41. The highest BCUT2D eigenvalue weighted by molar-refractivity contribution is 5.05. The Morgan fingerprint density at radius 3 is 2.00 bits per heavy atom. The van der Waals surface area contributed by atoms with E-state index in [2.05, 4.69) is 12.8 Å². The van der Waals surface area contributed by atoms with Crippen LogP contribution in [0.15, 0.2) is 0 Å². The largest absolute Gasteiger partial charge is 0.120 e. The Balaban J connectivity index is 0.000000640. The van der Waals surface area contributed by atoms with E-state index in [9.17, 15) is 0 Å². The molecule has 0 saturated heterocycles. The molecule has 52 valence electrons. The van der Waals surface area contributed by atoms with Gasteiger partial charge in [-0.1, -0.05) is 20.3 Å². The number of terminal acetylenes is 1. The van der Waals surface area contributed by atoms with Gasteiger partial charge >= 0.3 is 0 Å². The van der Waals surface area contributed by atoms with Crippen LogP contribution in [0.2, 0.25) is 0 Å². The van der Waals surface area contributed by atoms with Gasteiger partial charge in [-0.3, -0.25) is 0 Å². The third-order valence-corrected chi connectivity index (χ3v) is 2.06. The topological polar surface area (TPSA) is 0 Å². The molecule has 0 unspecified atom stereocenters. The molecular formula is C9H16. The van der Waals surface area contributed by atoms with Crippen molar-refractivity contribution in [2.45, 2.75) is 40.0 Å². The van der Waals surface area contributed by atoms with E-state index in [1.165, 1.54) is 25.7 Å². The van der Waals surface area contributed by atoms with Crippen molar-refractivity contribution in [3.05, 3.63) is 0 Å². The van der Waals surface area contributed by atoms with Crippen LogP contribution in [0.25, 0.3) is 0 Å². The summed E-state index contributed by atoms with van der Waals surface area (Å²) in [6, 6.07) is 0. The van der Waals surface area contributed by atoms with Crippen LogP contribution in [-0.2, 0) is 0 Å². The molecule has 0 amide bonds. The third kappa shape index (κ3) is 1.75. The summed E-state index contributed by atoms with van der Waals surface area (Å²) < 4.78 is 0. The van der Waals surface area contributed by atoms with Gasteiger partial charge in [0.25, 0.3) is 0 Å². The lowest BCUT2D eigenvalue weighted by molar-refractivity contribution is 0.469. The van der Waals surface area contributed by atoms with E-state index in [1.54, 1.807) is 0 Å². The second kappa shape index (κ2) is 2.92. The van der Waals surface area contributed by atoms with Gasteiger partial charge in [0.1, 0.15) is 0 Å². The monoisotopic (exact) mass is 124 g/mol. The first-order valence-electron chi connectivity index (χ1n) is 3.25. The third-order valence-electron chi connectivity index (χ3n) is 2.06. The van der Waals surface area contributed by atoms with Crippen LogP contribution < -0.4 is 0 Å². The second-order valence-electron chi connectivity index (χ2n) is 2.91. The fraction of sp³-hybridized carbons (Fsp3) is 0.778. The fourth-order valence-corrected chi connectivity index (χ4v) is 1.30. The van der Waals surface area contributed by atoms with Crippen LogP contribution in [0.3, 0.4) is 0 Å². The summed E-state index contributed by atoms with van der Waals surface area (Å²) in [5.74, 6) is 2.84. The molecule has 0 N–H and O–H groups in total. The van der Waals surface area contributed by atoms with Crippen molar-refractivity contribution < 1.29 is 0 Å². The molecule has 0 spiro atoms.